The Labute approximate surface area is 135 Å². The molecule has 1 amide bonds. The van der Waals surface area contributed by atoms with E-state index in [9.17, 15) is 4.79 Å². The Balaban J connectivity index is 1.80. The highest BCUT2D eigenvalue weighted by Crippen LogP contribution is 2.27. The lowest BCUT2D eigenvalue weighted by Gasteiger charge is -2.30. The van der Waals surface area contributed by atoms with E-state index in [1.807, 2.05) is 0 Å². The molecule has 2 aliphatic rings. The van der Waals surface area contributed by atoms with Gasteiger partial charge < -0.3 is 14.8 Å². The van der Waals surface area contributed by atoms with Crippen molar-refractivity contribution in [3.8, 4) is 0 Å². The van der Waals surface area contributed by atoms with Crippen LogP contribution < -0.4 is 5.32 Å². The Morgan fingerprint density at radius 3 is 2.27 bits per heavy atom. The van der Waals surface area contributed by atoms with Crippen molar-refractivity contribution in [2.45, 2.75) is 76.7 Å². The smallest absolute Gasteiger partial charge is 0.225 e. The van der Waals surface area contributed by atoms with Gasteiger partial charge >= 0.3 is 0 Å². The number of amides is 1. The molecule has 1 aliphatic heterocycles. The molecule has 0 spiro atoms. The lowest BCUT2D eigenvalue weighted by molar-refractivity contribution is -0.132. The van der Waals surface area contributed by atoms with Crippen molar-refractivity contribution in [3.63, 3.8) is 0 Å². The molecule has 1 aliphatic carbocycles. The van der Waals surface area contributed by atoms with Crippen LogP contribution in [0.2, 0.25) is 0 Å². The molecule has 4 heteroatoms. The summed E-state index contributed by atoms with van der Waals surface area (Å²) in [5.41, 5.74) is 0. The van der Waals surface area contributed by atoms with Gasteiger partial charge in [-0.2, -0.15) is 0 Å². The van der Waals surface area contributed by atoms with Crippen LogP contribution in [0.5, 0.6) is 0 Å². The third kappa shape index (κ3) is 6.66. The first-order valence-electron chi connectivity index (χ1n) is 9.35. The monoisotopic (exact) mass is 311 g/mol. The first-order valence-corrected chi connectivity index (χ1v) is 9.35. The summed E-state index contributed by atoms with van der Waals surface area (Å²) in [6.07, 6.45) is 13.2. The molecular formula is C18H33NO3. The van der Waals surface area contributed by atoms with Gasteiger partial charge in [-0.3, -0.25) is 4.79 Å². The largest absolute Gasteiger partial charge is 0.380 e. The molecule has 1 N–H and O–H groups in total. The van der Waals surface area contributed by atoms with Crippen LogP contribution in [0.15, 0.2) is 0 Å². The van der Waals surface area contributed by atoms with Crippen molar-refractivity contribution in [1.29, 1.82) is 0 Å². The Hall–Kier alpha value is -0.610. The van der Waals surface area contributed by atoms with E-state index in [4.69, 9.17) is 9.47 Å². The fourth-order valence-corrected chi connectivity index (χ4v) is 3.50. The topological polar surface area (TPSA) is 47.6 Å². The minimum atomic E-state index is 0.0458. The quantitative estimate of drug-likeness (QED) is 0.745. The summed E-state index contributed by atoms with van der Waals surface area (Å²) in [6.45, 7) is 2.90. The molecule has 1 heterocycles. The first kappa shape index (κ1) is 17.7. The van der Waals surface area contributed by atoms with E-state index >= 15 is 0 Å². The molecule has 1 unspecified atom stereocenters. The van der Waals surface area contributed by atoms with Gasteiger partial charge in [0.25, 0.3) is 0 Å². The summed E-state index contributed by atoms with van der Waals surface area (Å²) in [5, 5.41) is 3.03. The van der Waals surface area contributed by atoms with Crippen LogP contribution >= 0.6 is 0 Å². The first-order chi connectivity index (χ1) is 10.9. The molecular weight excluding hydrogens is 278 g/mol. The standard InChI is InChI=1S/C18H33NO3/c20-18-16-10-6-7-11-17(16)22-14-9-5-3-1-2-4-8-13-21-15-12-19-18/h16-17H,1-15H2,(H,19,20)/t16?,17-/m0/s1. The fraction of sp³-hybridized carbons (Fsp3) is 0.944. The van der Waals surface area contributed by atoms with Gasteiger partial charge in [-0.1, -0.05) is 44.9 Å². The van der Waals surface area contributed by atoms with Gasteiger partial charge in [0.2, 0.25) is 5.91 Å². The van der Waals surface area contributed by atoms with E-state index in [0.29, 0.717) is 13.2 Å². The molecule has 0 aromatic carbocycles. The predicted octanol–water partition coefficient (Wildman–Crippen LogP) is 3.44. The normalized spacial score (nSPS) is 30.8. The molecule has 1 saturated heterocycles. The van der Waals surface area contributed by atoms with E-state index in [1.165, 1.54) is 38.5 Å². The van der Waals surface area contributed by atoms with Crippen molar-refractivity contribution >= 4 is 5.91 Å². The fourth-order valence-electron chi connectivity index (χ4n) is 3.50. The number of carbonyl (C=O) groups excluding carboxylic acids is 1. The van der Waals surface area contributed by atoms with E-state index in [-0.39, 0.29) is 17.9 Å². The number of ether oxygens (including phenoxy) is 2. The summed E-state index contributed by atoms with van der Waals surface area (Å²) >= 11 is 0. The van der Waals surface area contributed by atoms with Crippen LogP contribution in [0.1, 0.15) is 70.6 Å². The maximum atomic E-state index is 12.3. The summed E-state index contributed by atoms with van der Waals surface area (Å²) in [5.74, 6) is 0.210. The highest BCUT2D eigenvalue weighted by Gasteiger charge is 2.31. The van der Waals surface area contributed by atoms with Crippen LogP contribution in [-0.2, 0) is 14.3 Å². The van der Waals surface area contributed by atoms with Gasteiger partial charge in [-0.25, -0.2) is 0 Å². The van der Waals surface area contributed by atoms with Gasteiger partial charge in [-0.05, 0) is 25.7 Å². The minimum Gasteiger partial charge on any atom is -0.380 e. The van der Waals surface area contributed by atoms with Gasteiger partial charge in [-0.15, -0.1) is 0 Å². The molecule has 1 saturated carbocycles. The van der Waals surface area contributed by atoms with Crippen molar-refractivity contribution in [1.82, 2.24) is 5.32 Å². The maximum Gasteiger partial charge on any atom is 0.225 e. The lowest BCUT2D eigenvalue weighted by Crippen LogP contribution is -2.41. The lowest BCUT2D eigenvalue weighted by atomic mass is 9.85. The van der Waals surface area contributed by atoms with E-state index in [1.54, 1.807) is 0 Å². The molecule has 4 nitrogen and oxygen atoms in total. The molecule has 2 rings (SSSR count). The van der Waals surface area contributed by atoms with Gasteiger partial charge in [0, 0.05) is 19.8 Å². The molecule has 0 radical (unpaired) electrons. The molecule has 22 heavy (non-hydrogen) atoms. The van der Waals surface area contributed by atoms with E-state index in [2.05, 4.69) is 5.32 Å². The highest BCUT2D eigenvalue weighted by molar-refractivity contribution is 5.79. The summed E-state index contributed by atoms with van der Waals surface area (Å²) in [4.78, 5) is 12.3. The molecule has 0 aromatic heterocycles. The maximum absolute atomic E-state index is 12.3. The number of carbonyl (C=O) groups is 1. The summed E-state index contributed by atoms with van der Waals surface area (Å²) in [6, 6.07) is 0. The van der Waals surface area contributed by atoms with E-state index in [0.717, 1.165) is 45.3 Å². The Morgan fingerprint density at radius 1 is 0.773 bits per heavy atom. The van der Waals surface area contributed by atoms with Crippen LogP contribution in [0, 0.1) is 5.92 Å². The van der Waals surface area contributed by atoms with Crippen molar-refractivity contribution < 1.29 is 14.3 Å². The van der Waals surface area contributed by atoms with Crippen molar-refractivity contribution in [3.05, 3.63) is 0 Å². The van der Waals surface area contributed by atoms with Gasteiger partial charge in [0.1, 0.15) is 0 Å². The van der Waals surface area contributed by atoms with Crippen molar-refractivity contribution in [2.75, 3.05) is 26.4 Å². The SMILES string of the molecule is O=C1NCCOCCCCCCCCCO[C@H]2CCCCC12. The minimum absolute atomic E-state index is 0.0458. The Morgan fingerprint density at radius 2 is 1.45 bits per heavy atom. The number of nitrogens with one attached hydrogen (secondary N) is 1. The van der Waals surface area contributed by atoms with Crippen LogP contribution in [0.4, 0.5) is 0 Å². The average Bonchev–Trinajstić information content (AvgIpc) is 2.55. The second kappa shape index (κ2) is 11.0. The second-order valence-corrected chi connectivity index (χ2v) is 6.68. The van der Waals surface area contributed by atoms with Gasteiger partial charge in [0.05, 0.1) is 18.6 Å². The molecule has 2 fully saturated rings. The zero-order valence-electron chi connectivity index (χ0n) is 14.0. The van der Waals surface area contributed by atoms with Gasteiger partial charge in [0.15, 0.2) is 0 Å². The average molecular weight is 311 g/mol. The highest BCUT2D eigenvalue weighted by atomic mass is 16.5. The predicted molar refractivity (Wildman–Crippen MR) is 87.8 cm³/mol. The number of rotatable bonds is 0. The molecule has 2 atom stereocenters. The molecule has 0 bridgehead atoms. The number of hydrogen-bond donors (Lipinski definition) is 1. The summed E-state index contributed by atoms with van der Waals surface area (Å²) in [7, 11) is 0. The van der Waals surface area contributed by atoms with Crippen LogP contribution in [0.3, 0.4) is 0 Å². The number of fused-ring (bicyclic) bond motifs is 1. The van der Waals surface area contributed by atoms with Crippen LogP contribution in [0.25, 0.3) is 0 Å². The number of hydrogen-bond acceptors (Lipinski definition) is 3. The molecule has 0 aromatic rings. The third-order valence-electron chi connectivity index (χ3n) is 4.85. The Bertz CT molecular complexity index is 309. The molecule has 128 valence electrons. The zero-order chi connectivity index (χ0) is 15.5. The zero-order valence-corrected chi connectivity index (χ0v) is 14.0. The Kier molecular flexibility index (Phi) is 8.88. The summed E-state index contributed by atoms with van der Waals surface area (Å²) < 4.78 is 11.6. The second-order valence-electron chi connectivity index (χ2n) is 6.68. The van der Waals surface area contributed by atoms with Crippen molar-refractivity contribution in [2.24, 2.45) is 5.92 Å². The van der Waals surface area contributed by atoms with E-state index < -0.39 is 0 Å². The third-order valence-corrected chi connectivity index (χ3v) is 4.85. The van der Waals surface area contributed by atoms with Crippen LogP contribution in [-0.4, -0.2) is 38.4 Å².